The molecule has 6 heteroatoms. The molecule has 0 bridgehead atoms. The Bertz CT molecular complexity index is 695. The van der Waals surface area contributed by atoms with Gasteiger partial charge in [0.25, 0.3) is 0 Å². The van der Waals surface area contributed by atoms with E-state index < -0.39 is 0 Å². The molecule has 1 unspecified atom stereocenters. The Hall–Kier alpha value is -1.13. The first-order valence-corrected chi connectivity index (χ1v) is 9.35. The Morgan fingerprint density at radius 1 is 1.04 bits per heavy atom. The van der Waals surface area contributed by atoms with Gasteiger partial charge < -0.3 is 14.8 Å². The van der Waals surface area contributed by atoms with Crippen LogP contribution in [0.25, 0.3) is 0 Å². The molecule has 0 aliphatic carbocycles. The van der Waals surface area contributed by atoms with Crippen LogP contribution in [0.4, 0.5) is 0 Å². The molecule has 0 fully saturated rings. The van der Waals surface area contributed by atoms with E-state index in [2.05, 4.69) is 25.2 Å². The number of para-hydroxylation sites is 1. The predicted octanol–water partition coefficient (Wildman–Crippen LogP) is 6.28. The first-order chi connectivity index (χ1) is 12.0. The molecule has 26 heavy (non-hydrogen) atoms. The maximum Gasteiger partial charge on any atom is 0.166 e. The number of halogens is 3. The highest BCUT2D eigenvalue weighted by molar-refractivity contribution is 6.35. The fourth-order valence-electron chi connectivity index (χ4n) is 2.35. The van der Waals surface area contributed by atoms with Gasteiger partial charge in [-0.05, 0) is 38.5 Å². The molecular weight excluding hydrogens is 393 g/mol. The van der Waals surface area contributed by atoms with Crippen molar-refractivity contribution in [2.45, 2.75) is 46.4 Å². The molecule has 2 rings (SSSR count). The fraction of sp³-hybridized carbons (Fsp3) is 0.400. The number of nitrogens with one attached hydrogen (secondary N) is 1. The maximum atomic E-state index is 6.25. The predicted molar refractivity (Wildman–Crippen MR) is 112 cm³/mol. The van der Waals surface area contributed by atoms with Gasteiger partial charge in [-0.1, -0.05) is 48.3 Å². The van der Waals surface area contributed by atoms with E-state index in [1.54, 1.807) is 6.07 Å². The van der Waals surface area contributed by atoms with Crippen molar-refractivity contribution in [3.05, 3.63) is 57.6 Å². The molecule has 0 spiro atoms. The van der Waals surface area contributed by atoms with Crippen LogP contribution in [0.3, 0.4) is 0 Å². The third-order valence-corrected chi connectivity index (χ3v) is 4.59. The van der Waals surface area contributed by atoms with Crippen LogP contribution >= 0.6 is 35.6 Å². The van der Waals surface area contributed by atoms with Crippen LogP contribution in [0.2, 0.25) is 10.0 Å². The SMILES string of the molecule is CCOc1cccc(CNC(C)CC)c1OCc1ccc(Cl)cc1Cl.Cl. The van der Waals surface area contributed by atoms with Gasteiger partial charge in [-0.3, -0.25) is 0 Å². The van der Waals surface area contributed by atoms with Crippen molar-refractivity contribution in [2.75, 3.05) is 6.61 Å². The summed E-state index contributed by atoms with van der Waals surface area (Å²) in [6.45, 7) is 7.95. The minimum atomic E-state index is 0. The van der Waals surface area contributed by atoms with E-state index in [0.717, 1.165) is 35.6 Å². The van der Waals surface area contributed by atoms with Gasteiger partial charge in [-0.25, -0.2) is 0 Å². The Morgan fingerprint density at radius 3 is 2.46 bits per heavy atom. The Labute approximate surface area is 172 Å². The highest BCUT2D eigenvalue weighted by Crippen LogP contribution is 2.33. The van der Waals surface area contributed by atoms with Gasteiger partial charge in [0.2, 0.25) is 0 Å². The summed E-state index contributed by atoms with van der Waals surface area (Å²) in [4.78, 5) is 0. The summed E-state index contributed by atoms with van der Waals surface area (Å²) < 4.78 is 11.8. The minimum Gasteiger partial charge on any atom is -0.490 e. The maximum absolute atomic E-state index is 6.25. The third-order valence-electron chi connectivity index (χ3n) is 4.00. The monoisotopic (exact) mass is 417 g/mol. The number of rotatable bonds is 9. The molecule has 1 N–H and O–H groups in total. The van der Waals surface area contributed by atoms with Gasteiger partial charge in [0.1, 0.15) is 6.61 Å². The van der Waals surface area contributed by atoms with Crippen LogP contribution in [0.5, 0.6) is 11.5 Å². The topological polar surface area (TPSA) is 30.5 Å². The van der Waals surface area contributed by atoms with Gasteiger partial charge in [0.15, 0.2) is 11.5 Å². The molecule has 0 heterocycles. The van der Waals surface area contributed by atoms with Crippen molar-refractivity contribution in [3.63, 3.8) is 0 Å². The first-order valence-electron chi connectivity index (χ1n) is 8.59. The van der Waals surface area contributed by atoms with Crippen LogP contribution in [0, 0.1) is 0 Å². The normalized spacial score (nSPS) is 11.6. The molecule has 0 aliphatic rings. The van der Waals surface area contributed by atoms with E-state index in [1.165, 1.54) is 0 Å². The molecule has 0 aromatic heterocycles. The van der Waals surface area contributed by atoms with Crippen molar-refractivity contribution < 1.29 is 9.47 Å². The van der Waals surface area contributed by atoms with Crippen LogP contribution in [0.15, 0.2) is 36.4 Å². The molecular formula is C20H26Cl3NO2. The number of hydrogen-bond acceptors (Lipinski definition) is 3. The lowest BCUT2D eigenvalue weighted by Crippen LogP contribution is -2.24. The van der Waals surface area contributed by atoms with Crippen LogP contribution in [-0.4, -0.2) is 12.6 Å². The van der Waals surface area contributed by atoms with Gasteiger partial charge in [-0.2, -0.15) is 0 Å². The van der Waals surface area contributed by atoms with E-state index in [-0.39, 0.29) is 12.4 Å². The molecule has 1 atom stereocenters. The second-order valence-electron chi connectivity index (χ2n) is 5.89. The average molecular weight is 419 g/mol. The van der Waals surface area contributed by atoms with Crippen molar-refractivity contribution >= 4 is 35.6 Å². The molecule has 0 saturated heterocycles. The summed E-state index contributed by atoms with van der Waals surface area (Å²) >= 11 is 12.2. The van der Waals surface area contributed by atoms with Gasteiger partial charge in [-0.15, -0.1) is 12.4 Å². The van der Waals surface area contributed by atoms with Crippen molar-refractivity contribution in [1.82, 2.24) is 5.32 Å². The molecule has 0 saturated carbocycles. The largest absolute Gasteiger partial charge is 0.490 e. The zero-order valence-electron chi connectivity index (χ0n) is 15.4. The van der Waals surface area contributed by atoms with Gasteiger partial charge in [0.05, 0.1) is 6.61 Å². The standard InChI is InChI=1S/C20H25Cl2NO2.ClH/c1-4-14(3)23-12-15-7-6-8-19(24-5-2)20(15)25-13-16-9-10-17(21)11-18(16)22;/h6-11,14,23H,4-5,12-13H2,1-3H3;1H. The second-order valence-corrected chi connectivity index (χ2v) is 6.74. The van der Waals surface area contributed by atoms with Crippen molar-refractivity contribution in [3.8, 4) is 11.5 Å². The van der Waals surface area contributed by atoms with Crippen molar-refractivity contribution in [2.24, 2.45) is 0 Å². The zero-order valence-corrected chi connectivity index (χ0v) is 17.7. The Kier molecular flexibility index (Phi) is 10.2. The van der Waals surface area contributed by atoms with E-state index in [1.807, 2.05) is 31.2 Å². The zero-order chi connectivity index (χ0) is 18.2. The van der Waals surface area contributed by atoms with Crippen LogP contribution in [-0.2, 0) is 13.2 Å². The molecule has 3 nitrogen and oxygen atoms in total. The lowest BCUT2D eigenvalue weighted by atomic mass is 10.1. The number of hydrogen-bond donors (Lipinski definition) is 1. The highest BCUT2D eigenvalue weighted by Gasteiger charge is 2.13. The second kappa shape index (κ2) is 11.6. The van der Waals surface area contributed by atoms with Gasteiger partial charge >= 0.3 is 0 Å². The molecule has 0 amide bonds. The van der Waals surface area contributed by atoms with E-state index >= 15 is 0 Å². The Balaban J connectivity index is 0.00000338. The highest BCUT2D eigenvalue weighted by atomic mass is 35.5. The number of ether oxygens (including phenoxy) is 2. The third kappa shape index (κ3) is 6.55. The van der Waals surface area contributed by atoms with Crippen LogP contribution < -0.4 is 14.8 Å². The first kappa shape index (κ1) is 22.9. The summed E-state index contributed by atoms with van der Waals surface area (Å²) in [5.41, 5.74) is 1.95. The van der Waals surface area contributed by atoms with E-state index in [4.69, 9.17) is 32.7 Å². The smallest absolute Gasteiger partial charge is 0.166 e. The molecule has 0 radical (unpaired) electrons. The van der Waals surface area contributed by atoms with Crippen molar-refractivity contribution in [1.29, 1.82) is 0 Å². The van der Waals surface area contributed by atoms with Crippen LogP contribution in [0.1, 0.15) is 38.3 Å². The summed E-state index contributed by atoms with van der Waals surface area (Å²) in [6, 6.07) is 11.8. The Morgan fingerprint density at radius 2 is 1.81 bits per heavy atom. The minimum absolute atomic E-state index is 0. The molecule has 2 aromatic rings. The summed E-state index contributed by atoms with van der Waals surface area (Å²) in [5.74, 6) is 1.50. The summed E-state index contributed by atoms with van der Waals surface area (Å²) in [6.07, 6.45) is 1.07. The lowest BCUT2D eigenvalue weighted by molar-refractivity contribution is 0.266. The number of benzene rings is 2. The molecule has 0 aliphatic heterocycles. The average Bonchev–Trinajstić information content (AvgIpc) is 2.60. The molecule has 2 aromatic carbocycles. The lowest BCUT2D eigenvalue weighted by Gasteiger charge is -2.18. The fourth-order valence-corrected chi connectivity index (χ4v) is 2.81. The van der Waals surface area contributed by atoms with Gasteiger partial charge in [0, 0.05) is 33.8 Å². The quantitative estimate of drug-likeness (QED) is 0.519. The summed E-state index contributed by atoms with van der Waals surface area (Å²) in [5, 5.41) is 4.71. The van der Waals surface area contributed by atoms with E-state index in [9.17, 15) is 0 Å². The molecule has 144 valence electrons. The summed E-state index contributed by atoms with van der Waals surface area (Å²) in [7, 11) is 0. The van der Waals surface area contributed by atoms with E-state index in [0.29, 0.717) is 29.3 Å².